The summed E-state index contributed by atoms with van der Waals surface area (Å²) >= 11 is 0. The molecule has 0 spiro atoms. The van der Waals surface area contributed by atoms with Crippen molar-refractivity contribution in [1.82, 2.24) is 35.1 Å². The zero-order valence-corrected chi connectivity index (χ0v) is 21.0. The van der Waals surface area contributed by atoms with Crippen LogP contribution in [0.3, 0.4) is 0 Å². The molecule has 1 fully saturated rings. The number of hydrogen-bond acceptors (Lipinski definition) is 8. The van der Waals surface area contributed by atoms with Gasteiger partial charge in [0.2, 0.25) is 5.88 Å². The molecule has 10 nitrogen and oxygen atoms in total. The Morgan fingerprint density at radius 1 is 1.14 bits per heavy atom. The van der Waals surface area contributed by atoms with E-state index >= 15 is 4.39 Å². The second-order valence-electron chi connectivity index (χ2n) is 9.13. The largest absolute Gasteiger partial charge is 0.435 e. The van der Waals surface area contributed by atoms with Gasteiger partial charge in [0.15, 0.2) is 17.4 Å². The van der Waals surface area contributed by atoms with Crippen LogP contribution in [0.15, 0.2) is 42.9 Å². The maximum Gasteiger partial charge on any atom is 0.260 e. The van der Waals surface area contributed by atoms with Crippen LogP contribution in [0, 0.1) is 12.7 Å². The molecule has 0 radical (unpaired) electrons. The van der Waals surface area contributed by atoms with Crippen molar-refractivity contribution >= 4 is 28.4 Å². The van der Waals surface area contributed by atoms with Crippen LogP contribution in [0.2, 0.25) is 0 Å². The second kappa shape index (κ2) is 10.5. The number of hydrogen-bond donors (Lipinski definition) is 3. The Hall–Kier alpha value is -4.09. The Morgan fingerprint density at radius 2 is 1.95 bits per heavy atom. The SMILES string of the molecule is CNC(=O)c1c(Nc2ccc(CN3CCN(C)CC3)cn2)ncnc1Oc1ccc2[nH]c(C)cc2c1F. The average Bonchev–Trinajstić information content (AvgIpc) is 3.29. The number of benzene rings is 1. The molecule has 1 amide bonds. The van der Waals surface area contributed by atoms with Crippen molar-refractivity contribution in [3.05, 3.63) is 65.5 Å². The molecule has 5 rings (SSSR count). The van der Waals surface area contributed by atoms with Crippen molar-refractivity contribution < 1.29 is 13.9 Å². The monoisotopic (exact) mass is 504 g/mol. The molecule has 192 valence electrons. The molecular formula is C26H29FN8O2. The van der Waals surface area contributed by atoms with E-state index in [0.717, 1.165) is 44.0 Å². The Morgan fingerprint density at radius 3 is 2.68 bits per heavy atom. The number of halogens is 1. The van der Waals surface area contributed by atoms with E-state index < -0.39 is 11.7 Å². The average molecular weight is 505 g/mol. The highest BCUT2D eigenvalue weighted by Crippen LogP contribution is 2.33. The number of H-pyrrole nitrogens is 1. The Kier molecular flexibility index (Phi) is 6.97. The fourth-order valence-electron chi connectivity index (χ4n) is 4.32. The molecule has 4 heterocycles. The number of pyridine rings is 1. The standard InChI is InChI=1S/C26H29FN8O2/c1-16-12-18-19(32-16)5-6-20(23(18)27)37-26-22(25(36)28-2)24(30-15-31-26)33-21-7-4-17(13-29-21)14-35-10-8-34(3)9-11-35/h4-7,12-13,15,32H,8-11,14H2,1-3H3,(H,28,36)(H,29,30,31,33). The van der Waals surface area contributed by atoms with Crippen molar-refractivity contribution in [2.75, 3.05) is 45.6 Å². The summed E-state index contributed by atoms with van der Waals surface area (Å²) in [4.78, 5) is 33.4. The van der Waals surface area contributed by atoms with Crippen LogP contribution in [-0.2, 0) is 6.54 Å². The molecule has 3 N–H and O–H groups in total. The first-order chi connectivity index (χ1) is 17.9. The molecule has 0 bridgehead atoms. The van der Waals surface area contributed by atoms with Gasteiger partial charge in [-0.25, -0.2) is 19.3 Å². The number of aromatic amines is 1. The molecule has 1 saturated heterocycles. The van der Waals surface area contributed by atoms with E-state index in [1.54, 1.807) is 12.1 Å². The zero-order chi connectivity index (χ0) is 25.9. The number of carbonyl (C=O) groups excluding carboxylic acids is 1. The van der Waals surface area contributed by atoms with Gasteiger partial charge < -0.3 is 25.3 Å². The highest BCUT2D eigenvalue weighted by molar-refractivity contribution is 6.01. The van der Waals surface area contributed by atoms with Gasteiger partial charge in [-0.1, -0.05) is 6.07 Å². The molecule has 1 aromatic carbocycles. The minimum Gasteiger partial charge on any atom is -0.435 e. The number of amides is 1. The van der Waals surface area contributed by atoms with Gasteiger partial charge in [-0.3, -0.25) is 9.69 Å². The maximum absolute atomic E-state index is 15.1. The van der Waals surface area contributed by atoms with E-state index in [0.29, 0.717) is 16.7 Å². The van der Waals surface area contributed by atoms with Crippen LogP contribution in [0.5, 0.6) is 11.6 Å². The first-order valence-corrected chi connectivity index (χ1v) is 12.1. The van der Waals surface area contributed by atoms with E-state index in [-0.39, 0.29) is 23.0 Å². The number of aryl methyl sites for hydroxylation is 1. The molecule has 0 saturated carbocycles. The lowest BCUT2D eigenvalue weighted by Gasteiger charge is -2.32. The van der Waals surface area contributed by atoms with E-state index in [1.807, 2.05) is 25.3 Å². The third-order valence-corrected chi connectivity index (χ3v) is 6.38. The van der Waals surface area contributed by atoms with Gasteiger partial charge in [-0.15, -0.1) is 0 Å². The van der Waals surface area contributed by atoms with E-state index in [2.05, 4.69) is 47.4 Å². The lowest BCUT2D eigenvalue weighted by molar-refractivity contribution is 0.0960. The summed E-state index contributed by atoms with van der Waals surface area (Å²) in [6.07, 6.45) is 3.06. The Balaban J connectivity index is 1.37. The number of piperazine rings is 1. The minimum absolute atomic E-state index is 0.0399. The first-order valence-electron chi connectivity index (χ1n) is 12.1. The highest BCUT2D eigenvalue weighted by Gasteiger charge is 2.23. The molecule has 0 unspecified atom stereocenters. The number of aromatic nitrogens is 4. The molecule has 1 aliphatic heterocycles. The van der Waals surface area contributed by atoms with Crippen LogP contribution >= 0.6 is 0 Å². The molecule has 3 aromatic heterocycles. The lowest BCUT2D eigenvalue weighted by atomic mass is 10.2. The number of nitrogens with one attached hydrogen (secondary N) is 3. The van der Waals surface area contributed by atoms with E-state index in [9.17, 15) is 4.79 Å². The summed E-state index contributed by atoms with van der Waals surface area (Å²) in [5.74, 6) is -0.448. The van der Waals surface area contributed by atoms with Crippen LogP contribution in [-0.4, -0.2) is 75.9 Å². The van der Waals surface area contributed by atoms with Crippen molar-refractivity contribution in [2.24, 2.45) is 0 Å². The van der Waals surface area contributed by atoms with Crippen molar-refractivity contribution in [3.8, 4) is 11.6 Å². The van der Waals surface area contributed by atoms with Crippen molar-refractivity contribution in [2.45, 2.75) is 13.5 Å². The Bertz CT molecular complexity index is 1410. The van der Waals surface area contributed by atoms with Gasteiger partial charge in [0, 0.05) is 62.6 Å². The fourth-order valence-corrected chi connectivity index (χ4v) is 4.32. The van der Waals surface area contributed by atoms with Gasteiger partial charge in [-0.2, -0.15) is 0 Å². The number of anilines is 2. The number of carbonyl (C=O) groups is 1. The topological polar surface area (TPSA) is 111 Å². The summed E-state index contributed by atoms with van der Waals surface area (Å²) in [7, 11) is 3.62. The highest BCUT2D eigenvalue weighted by atomic mass is 19.1. The molecule has 1 aliphatic rings. The van der Waals surface area contributed by atoms with Crippen LogP contribution in [0.4, 0.5) is 16.0 Å². The van der Waals surface area contributed by atoms with Crippen LogP contribution < -0.4 is 15.4 Å². The third-order valence-electron chi connectivity index (χ3n) is 6.38. The first kappa shape index (κ1) is 24.6. The quantitative estimate of drug-likeness (QED) is 0.351. The fraction of sp³-hybridized carbons (Fsp3) is 0.308. The predicted octanol–water partition coefficient (Wildman–Crippen LogP) is 3.44. The third kappa shape index (κ3) is 5.37. The summed E-state index contributed by atoms with van der Waals surface area (Å²) in [5, 5.41) is 6.04. The van der Waals surface area contributed by atoms with Gasteiger partial charge in [0.05, 0.1) is 0 Å². The molecule has 37 heavy (non-hydrogen) atoms. The van der Waals surface area contributed by atoms with E-state index in [1.165, 1.54) is 19.4 Å². The zero-order valence-electron chi connectivity index (χ0n) is 21.0. The number of fused-ring (bicyclic) bond motifs is 1. The van der Waals surface area contributed by atoms with Crippen LogP contribution in [0.25, 0.3) is 10.9 Å². The van der Waals surface area contributed by atoms with E-state index in [4.69, 9.17) is 4.74 Å². The number of rotatable bonds is 7. The minimum atomic E-state index is -0.546. The molecule has 4 aromatic rings. The Labute approximate surface area is 213 Å². The van der Waals surface area contributed by atoms with Crippen molar-refractivity contribution in [3.63, 3.8) is 0 Å². The number of nitrogens with zero attached hydrogens (tertiary/aromatic N) is 5. The summed E-state index contributed by atoms with van der Waals surface area (Å²) in [6.45, 7) is 6.82. The van der Waals surface area contributed by atoms with Gasteiger partial charge in [0.1, 0.15) is 17.7 Å². The number of likely N-dealkylation sites (N-methyl/N-ethyl adjacent to an activating group) is 1. The predicted molar refractivity (Wildman–Crippen MR) is 139 cm³/mol. The smallest absolute Gasteiger partial charge is 0.260 e. The summed E-state index contributed by atoms with van der Waals surface area (Å²) in [5.41, 5.74) is 2.62. The van der Waals surface area contributed by atoms with Crippen molar-refractivity contribution in [1.29, 1.82) is 0 Å². The molecule has 0 atom stereocenters. The molecule has 11 heteroatoms. The lowest BCUT2D eigenvalue weighted by Crippen LogP contribution is -2.43. The normalized spacial score (nSPS) is 14.6. The second-order valence-corrected chi connectivity index (χ2v) is 9.13. The van der Waals surface area contributed by atoms with Gasteiger partial charge in [-0.05, 0) is 43.8 Å². The summed E-state index contributed by atoms with van der Waals surface area (Å²) < 4.78 is 20.9. The molecule has 0 aliphatic carbocycles. The van der Waals surface area contributed by atoms with Gasteiger partial charge >= 0.3 is 0 Å². The summed E-state index contributed by atoms with van der Waals surface area (Å²) in [6, 6.07) is 8.74. The maximum atomic E-state index is 15.1. The molecular weight excluding hydrogens is 475 g/mol. The van der Waals surface area contributed by atoms with Crippen LogP contribution in [0.1, 0.15) is 21.6 Å². The van der Waals surface area contributed by atoms with Gasteiger partial charge in [0.25, 0.3) is 5.91 Å². The number of ether oxygens (including phenoxy) is 1.